The van der Waals surface area contributed by atoms with E-state index in [1.165, 1.54) is 5.56 Å². The Hall–Kier alpha value is -3.34. The van der Waals surface area contributed by atoms with Crippen LogP contribution in [0.15, 0.2) is 78.2 Å². The molecule has 0 fully saturated rings. The smallest absolute Gasteiger partial charge is 0.215 e. The highest BCUT2D eigenvalue weighted by Crippen LogP contribution is 2.47. The molecule has 2 atom stereocenters. The van der Waals surface area contributed by atoms with Gasteiger partial charge in [0.15, 0.2) is 0 Å². The van der Waals surface area contributed by atoms with Crippen molar-refractivity contribution in [3.63, 3.8) is 0 Å². The molecule has 2 aliphatic rings. The summed E-state index contributed by atoms with van der Waals surface area (Å²) in [7, 11) is 0. The molecule has 2 unspecified atom stereocenters. The van der Waals surface area contributed by atoms with Gasteiger partial charge in [-0.1, -0.05) is 24.3 Å². The van der Waals surface area contributed by atoms with Crippen molar-refractivity contribution < 1.29 is 9.47 Å². The molecule has 28 heavy (non-hydrogen) atoms. The Kier molecular flexibility index (Phi) is 4.20. The van der Waals surface area contributed by atoms with Gasteiger partial charge in [-0.2, -0.15) is 5.10 Å². The van der Waals surface area contributed by atoms with E-state index in [0.29, 0.717) is 6.61 Å². The van der Waals surface area contributed by atoms with Crippen LogP contribution in [0, 0.1) is 0 Å². The van der Waals surface area contributed by atoms with E-state index in [1.54, 1.807) is 6.20 Å². The van der Waals surface area contributed by atoms with E-state index >= 15 is 0 Å². The summed E-state index contributed by atoms with van der Waals surface area (Å²) in [6, 6.07) is 20.5. The molecule has 0 saturated heterocycles. The van der Waals surface area contributed by atoms with Crippen LogP contribution in [0.5, 0.6) is 11.5 Å². The fourth-order valence-electron chi connectivity index (χ4n) is 3.86. The first-order valence-corrected chi connectivity index (χ1v) is 9.58. The van der Waals surface area contributed by atoms with E-state index in [-0.39, 0.29) is 12.3 Å². The summed E-state index contributed by atoms with van der Waals surface area (Å²) in [5.74, 6) is 1.80. The lowest BCUT2D eigenvalue weighted by Crippen LogP contribution is -2.33. The predicted octanol–water partition coefficient (Wildman–Crippen LogP) is 4.72. The molecule has 0 aliphatic carbocycles. The van der Waals surface area contributed by atoms with E-state index < -0.39 is 0 Å². The average molecular weight is 371 g/mol. The average Bonchev–Trinajstić information content (AvgIpc) is 3.20. The van der Waals surface area contributed by atoms with E-state index in [4.69, 9.17) is 14.6 Å². The van der Waals surface area contributed by atoms with Gasteiger partial charge in [-0.25, -0.2) is 5.01 Å². The molecule has 1 aromatic heterocycles. The first-order valence-electron chi connectivity index (χ1n) is 9.58. The van der Waals surface area contributed by atoms with Crippen LogP contribution in [-0.2, 0) is 0 Å². The highest BCUT2D eigenvalue weighted by molar-refractivity contribution is 6.02. The van der Waals surface area contributed by atoms with E-state index in [1.807, 2.05) is 49.5 Å². The topological polar surface area (TPSA) is 47.0 Å². The fourth-order valence-corrected chi connectivity index (χ4v) is 3.86. The Morgan fingerprint density at radius 3 is 2.71 bits per heavy atom. The number of pyridine rings is 1. The summed E-state index contributed by atoms with van der Waals surface area (Å²) in [6.45, 7) is 2.65. The van der Waals surface area contributed by atoms with Gasteiger partial charge in [0, 0.05) is 29.9 Å². The van der Waals surface area contributed by atoms with Crippen LogP contribution < -0.4 is 9.47 Å². The zero-order valence-corrected chi connectivity index (χ0v) is 15.7. The molecule has 0 amide bonds. The molecule has 5 rings (SSSR count). The summed E-state index contributed by atoms with van der Waals surface area (Å²) in [4.78, 5) is 4.27. The van der Waals surface area contributed by atoms with Crippen molar-refractivity contribution >= 4 is 5.71 Å². The van der Waals surface area contributed by atoms with Crippen molar-refractivity contribution in [3.8, 4) is 11.5 Å². The summed E-state index contributed by atoms with van der Waals surface area (Å²) < 4.78 is 11.9. The number of rotatable bonds is 4. The maximum absolute atomic E-state index is 6.33. The van der Waals surface area contributed by atoms with Crippen molar-refractivity contribution in [2.75, 3.05) is 6.61 Å². The van der Waals surface area contributed by atoms with Crippen LogP contribution in [0.1, 0.15) is 42.3 Å². The van der Waals surface area contributed by atoms with Crippen LogP contribution in [0.25, 0.3) is 0 Å². The van der Waals surface area contributed by atoms with Gasteiger partial charge in [0.05, 0.1) is 18.4 Å². The van der Waals surface area contributed by atoms with Gasteiger partial charge < -0.3 is 9.47 Å². The third kappa shape index (κ3) is 2.89. The zero-order chi connectivity index (χ0) is 18.9. The number of nitrogens with zero attached hydrogens (tertiary/aromatic N) is 3. The van der Waals surface area contributed by atoms with Crippen molar-refractivity contribution in [2.45, 2.75) is 25.6 Å². The Labute approximate surface area is 164 Å². The quantitative estimate of drug-likeness (QED) is 0.666. The van der Waals surface area contributed by atoms with Gasteiger partial charge in [0.1, 0.15) is 11.5 Å². The molecule has 5 heteroatoms. The first kappa shape index (κ1) is 16.8. The van der Waals surface area contributed by atoms with E-state index in [2.05, 4.69) is 34.3 Å². The van der Waals surface area contributed by atoms with Crippen LogP contribution in [0.2, 0.25) is 0 Å². The normalized spacial score (nSPS) is 20.0. The lowest BCUT2D eigenvalue weighted by atomic mass is 9.96. The Morgan fingerprint density at radius 1 is 1.07 bits per heavy atom. The number of hydrogen-bond acceptors (Lipinski definition) is 5. The summed E-state index contributed by atoms with van der Waals surface area (Å²) >= 11 is 0. The van der Waals surface area contributed by atoms with Crippen molar-refractivity contribution in [1.29, 1.82) is 0 Å². The molecule has 2 aliphatic heterocycles. The van der Waals surface area contributed by atoms with Gasteiger partial charge in [0.2, 0.25) is 6.23 Å². The predicted molar refractivity (Wildman–Crippen MR) is 107 cm³/mol. The SMILES string of the molecule is CCOc1ccc(C2=NN3C(C2)c2ccccc2OC3c2cccnc2)cc1. The van der Waals surface area contributed by atoms with Crippen LogP contribution in [0.3, 0.4) is 0 Å². The minimum atomic E-state index is -0.284. The van der Waals surface area contributed by atoms with Gasteiger partial charge in [0.25, 0.3) is 0 Å². The summed E-state index contributed by atoms with van der Waals surface area (Å²) in [6.07, 6.45) is 4.18. The molecule has 0 N–H and O–H groups in total. The number of hydrazone groups is 1. The third-order valence-corrected chi connectivity index (χ3v) is 5.17. The number of ether oxygens (including phenoxy) is 2. The number of fused-ring (bicyclic) bond motifs is 3. The van der Waals surface area contributed by atoms with Gasteiger partial charge in [-0.3, -0.25) is 4.98 Å². The Morgan fingerprint density at radius 2 is 1.93 bits per heavy atom. The molecule has 3 heterocycles. The Balaban J connectivity index is 1.53. The first-order chi connectivity index (χ1) is 13.8. The fraction of sp³-hybridized carbons (Fsp3) is 0.217. The second-order valence-electron chi connectivity index (χ2n) is 6.90. The lowest BCUT2D eigenvalue weighted by molar-refractivity contribution is -0.0192. The van der Waals surface area contributed by atoms with Gasteiger partial charge in [-0.05, 0) is 48.9 Å². The van der Waals surface area contributed by atoms with Crippen molar-refractivity contribution in [1.82, 2.24) is 9.99 Å². The molecule has 2 aromatic carbocycles. The lowest BCUT2D eigenvalue weighted by Gasteiger charge is -2.38. The maximum atomic E-state index is 6.33. The number of aromatic nitrogens is 1. The standard InChI is InChI=1S/C23H21N3O2/c1-2-27-18-11-9-16(10-12-18)20-14-21-19-7-3-4-8-22(19)28-23(26(21)25-20)17-6-5-13-24-15-17/h3-13,15,21,23H,2,14H2,1H3. The zero-order valence-electron chi connectivity index (χ0n) is 15.7. The van der Waals surface area contributed by atoms with Crippen LogP contribution in [0.4, 0.5) is 0 Å². The molecule has 140 valence electrons. The van der Waals surface area contributed by atoms with Crippen molar-refractivity contribution in [2.24, 2.45) is 5.10 Å². The van der Waals surface area contributed by atoms with Crippen LogP contribution >= 0.6 is 0 Å². The molecule has 3 aromatic rings. The van der Waals surface area contributed by atoms with Gasteiger partial charge >= 0.3 is 0 Å². The minimum absolute atomic E-state index is 0.150. The second kappa shape index (κ2) is 7.00. The molecule has 0 saturated carbocycles. The summed E-state index contributed by atoms with van der Waals surface area (Å²) in [5.41, 5.74) is 4.34. The molecular weight excluding hydrogens is 350 g/mol. The highest BCUT2D eigenvalue weighted by Gasteiger charge is 2.40. The highest BCUT2D eigenvalue weighted by atomic mass is 16.5. The van der Waals surface area contributed by atoms with E-state index in [0.717, 1.165) is 34.8 Å². The maximum Gasteiger partial charge on any atom is 0.215 e. The largest absolute Gasteiger partial charge is 0.494 e. The second-order valence-corrected chi connectivity index (χ2v) is 6.90. The molecule has 0 radical (unpaired) electrons. The molecule has 0 spiro atoms. The summed E-state index contributed by atoms with van der Waals surface area (Å²) in [5, 5.41) is 7.04. The molecular formula is C23H21N3O2. The van der Waals surface area contributed by atoms with E-state index in [9.17, 15) is 0 Å². The van der Waals surface area contributed by atoms with Crippen molar-refractivity contribution in [3.05, 3.63) is 89.7 Å². The third-order valence-electron chi connectivity index (χ3n) is 5.17. The van der Waals surface area contributed by atoms with Gasteiger partial charge in [-0.15, -0.1) is 0 Å². The monoisotopic (exact) mass is 371 g/mol. The minimum Gasteiger partial charge on any atom is -0.494 e. The van der Waals surface area contributed by atoms with Crippen LogP contribution in [-0.4, -0.2) is 22.3 Å². The Bertz CT molecular complexity index is 1000. The number of benzene rings is 2. The number of para-hydroxylation sites is 1. The molecule has 0 bridgehead atoms. The number of hydrogen-bond donors (Lipinski definition) is 0. The molecule has 5 nitrogen and oxygen atoms in total.